The molecule has 3 aromatic carbocycles. The Bertz CT molecular complexity index is 1310. The molecule has 1 atom stereocenters. The Balaban J connectivity index is 1.45. The Kier molecular flexibility index (Phi) is 6.19. The van der Waals surface area contributed by atoms with E-state index in [-0.39, 0.29) is 17.5 Å². The highest BCUT2D eigenvalue weighted by molar-refractivity contribution is 7.80. The van der Waals surface area contributed by atoms with Gasteiger partial charge in [0, 0.05) is 47.1 Å². The zero-order valence-corrected chi connectivity index (χ0v) is 20.5. The highest BCUT2D eigenvalue weighted by atomic mass is 32.1. The van der Waals surface area contributed by atoms with Crippen LogP contribution in [-0.4, -0.2) is 33.9 Å². The van der Waals surface area contributed by atoms with E-state index in [1.807, 2.05) is 19.1 Å². The number of carbonyl (C=O) groups is 1. The second kappa shape index (κ2) is 9.33. The number of fused-ring (bicyclic) bond motifs is 6. The van der Waals surface area contributed by atoms with Gasteiger partial charge in [0.1, 0.15) is 23.0 Å². The van der Waals surface area contributed by atoms with Crippen molar-refractivity contribution in [3.05, 3.63) is 76.9 Å². The third-order valence-electron chi connectivity index (χ3n) is 6.40. The normalized spacial score (nSPS) is 15.2. The van der Waals surface area contributed by atoms with Crippen molar-refractivity contribution in [2.75, 3.05) is 11.9 Å². The lowest BCUT2D eigenvalue weighted by molar-refractivity contribution is 0.0224. The van der Waals surface area contributed by atoms with Crippen molar-refractivity contribution in [2.24, 2.45) is 5.73 Å². The summed E-state index contributed by atoms with van der Waals surface area (Å²) in [4.78, 5) is 13.2. The first-order valence-corrected chi connectivity index (χ1v) is 12.2. The molecule has 2 aliphatic rings. The van der Waals surface area contributed by atoms with E-state index in [1.54, 1.807) is 18.2 Å². The molecule has 36 heavy (non-hydrogen) atoms. The number of nitrogens with two attached hydrogens (primary N) is 1. The Morgan fingerprint density at radius 3 is 2.28 bits per heavy atom. The number of ether oxygens (including phenoxy) is 2. The van der Waals surface area contributed by atoms with Crippen molar-refractivity contribution >= 4 is 29.0 Å². The summed E-state index contributed by atoms with van der Waals surface area (Å²) in [5, 5.41) is 26.8. The lowest BCUT2D eigenvalue weighted by atomic mass is 9.77. The molecule has 2 heterocycles. The molecule has 5 rings (SSSR count). The van der Waals surface area contributed by atoms with Crippen molar-refractivity contribution in [2.45, 2.75) is 37.8 Å². The lowest BCUT2D eigenvalue weighted by Gasteiger charge is -2.36. The summed E-state index contributed by atoms with van der Waals surface area (Å²) in [5.41, 5.74) is 7.33. The van der Waals surface area contributed by atoms with Crippen LogP contribution >= 0.6 is 12.2 Å². The molecular weight excluding hydrogens is 478 g/mol. The van der Waals surface area contributed by atoms with Gasteiger partial charge in [-0.1, -0.05) is 12.5 Å². The quantitative estimate of drug-likeness (QED) is 0.187. The van der Waals surface area contributed by atoms with E-state index in [1.165, 1.54) is 24.3 Å². The van der Waals surface area contributed by atoms with Crippen molar-refractivity contribution in [3.8, 4) is 23.0 Å². The molecule has 0 amide bonds. The molecule has 2 aliphatic heterocycles. The molecule has 0 radical (unpaired) electrons. The van der Waals surface area contributed by atoms with Crippen molar-refractivity contribution in [3.63, 3.8) is 0 Å². The van der Waals surface area contributed by atoms with Crippen LogP contribution in [0.4, 0.5) is 5.69 Å². The monoisotopic (exact) mass is 505 g/mol. The molecule has 0 bridgehead atoms. The first kappa shape index (κ1) is 23.9. The molecule has 6 N–H and O–H groups in total. The van der Waals surface area contributed by atoms with E-state index in [2.05, 4.69) is 10.6 Å². The van der Waals surface area contributed by atoms with E-state index in [9.17, 15) is 15.0 Å². The number of phenols is 2. The first-order chi connectivity index (χ1) is 17.3. The predicted octanol–water partition coefficient (Wildman–Crippen LogP) is 4.47. The standard InChI is InChI=1S/C27H27N3O5S/c1-15(28)4-2-3-11-29-26(36)30-16-5-8-20-19(12-16)25(33)35-27(20)21-9-6-17(31)13-23(21)34-24-14-18(32)7-10-22(24)27/h5-10,12-15,31-32H,2-4,11,28H2,1H3,(H2,29,30,36). The maximum absolute atomic E-state index is 13.2. The van der Waals surface area contributed by atoms with Crippen LogP contribution in [-0.2, 0) is 10.3 Å². The van der Waals surface area contributed by atoms with Crippen LogP contribution in [0.2, 0.25) is 0 Å². The number of thiocarbonyl (C=S) groups is 1. The minimum absolute atomic E-state index is 0.00940. The molecular formula is C27H27N3O5S. The summed E-state index contributed by atoms with van der Waals surface area (Å²) in [6.07, 6.45) is 2.93. The molecule has 0 saturated heterocycles. The Labute approximate surface area is 214 Å². The molecule has 0 aliphatic carbocycles. The molecule has 9 heteroatoms. The second-order valence-corrected chi connectivity index (χ2v) is 9.56. The van der Waals surface area contributed by atoms with Gasteiger partial charge in [-0.15, -0.1) is 0 Å². The third kappa shape index (κ3) is 4.20. The number of hydrogen-bond donors (Lipinski definition) is 5. The van der Waals surface area contributed by atoms with Crippen LogP contribution in [0.5, 0.6) is 23.0 Å². The van der Waals surface area contributed by atoms with E-state index in [4.69, 9.17) is 27.4 Å². The summed E-state index contributed by atoms with van der Waals surface area (Å²) in [6, 6.07) is 14.9. The molecule has 186 valence electrons. The number of aromatic hydroxyl groups is 2. The minimum Gasteiger partial charge on any atom is -0.508 e. The Morgan fingerprint density at radius 1 is 1.00 bits per heavy atom. The average Bonchev–Trinajstić information content (AvgIpc) is 3.10. The molecule has 1 unspecified atom stereocenters. The fourth-order valence-corrected chi connectivity index (χ4v) is 4.97. The third-order valence-corrected chi connectivity index (χ3v) is 6.65. The van der Waals surface area contributed by atoms with Crippen LogP contribution in [0.3, 0.4) is 0 Å². The molecule has 0 saturated carbocycles. The molecule has 0 aromatic heterocycles. The number of esters is 1. The summed E-state index contributed by atoms with van der Waals surface area (Å²) in [6.45, 7) is 2.72. The van der Waals surface area contributed by atoms with Gasteiger partial charge in [0.2, 0.25) is 0 Å². The minimum atomic E-state index is -1.28. The molecule has 0 fully saturated rings. The number of phenolic OH excluding ortho intramolecular Hbond substituents is 2. The molecule has 1 spiro atoms. The van der Waals surface area contributed by atoms with Crippen LogP contribution in [0.25, 0.3) is 0 Å². The van der Waals surface area contributed by atoms with Gasteiger partial charge in [0.05, 0.1) is 5.56 Å². The topological polar surface area (TPSA) is 126 Å². The van der Waals surface area contributed by atoms with Gasteiger partial charge in [-0.3, -0.25) is 0 Å². The molecule has 8 nitrogen and oxygen atoms in total. The lowest BCUT2D eigenvalue weighted by Crippen LogP contribution is -2.33. The van der Waals surface area contributed by atoms with Gasteiger partial charge in [-0.05, 0) is 68.4 Å². The number of carbonyl (C=O) groups excluding carboxylic acids is 1. The van der Waals surface area contributed by atoms with Gasteiger partial charge in [-0.25, -0.2) is 4.79 Å². The SMILES string of the molecule is CC(N)CCCCNC(=S)Nc1ccc2c(c1)C(=O)OC21c2ccc(O)cc2Oc2cc(O)ccc21. The van der Waals surface area contributed by atoms with Crippen molar-refractivity contribution in [1.82, 2.24) is 5.32 Å². The number of unbranched alkanes of at least 4 members (excludes halogenated alkanes) is 1. The largest absolute Gasteiger partial charge is 0.508 e. The number of hydrogen-bond acceptors (Lipinski definition) is 7. The van der Waals surface area contributed by atoms with Crippen LogP contribution < -0.4 is 21.1 Å². The Hall–Kier alpha value is -3.82. The van der Waals surface area contributed by atoms with Crippen molar-refractivity contribution in [1.29, 1.82) is 0 Å². The fourth-order valence-electron chi connectivity index (χ4n) is 4.75. The van der Waals surface area contributed by atoms with Crippen LogP contribution in [0, 0.1) is 0 Å². The highest BCUT2D eigenvalue weighted by Gasteiger charge is 2.53. The fraction of sp³-hybridized carbons (Fsp3) is 0.259. The van der Waals surface area contributed by atoms with Gasteiger partial charge in [0.15, 0.2) is 10.7 Å². The first-order valence-electron chi connectivity index (χ1n) is 11.8. The van der Waals surface area contributed by atoms with Crippen LogP contribution in [0.15, 0.2) is 54.6 Å². The maximum atomic E-state index is 13.2. The number of anilines is 1. The van der Waals surface area contributed by atoms with Crippen LogP contribution in [0.1, 0.15) is 53.2 Å². The summed E-state index contributed by atoms with van der Waals surface area (Å²) >= 11 is 5.41. The van der Waals surface area contributed by atoms with Gasteiger partial charge >= 0.3 is 5.97 Å². The van der Waals surface area contributed by atoms with Crippen molar-refractivity contribution < 1.29 is 24.5 Å². The predicted molar refractivity (Wildman–Crippen MR) is 140 cm³/mol. The average molecular weight is 506 g/mol. The zero-order valence-electron chi connectivity index (χ0n) is 19.7. The number of nitrogens with one attached hydrogen (secondary N) is 2. The van der Waals surface area contributed by atoms with Gasteiger partial charge in [-0.2, -0.15) is 0 Å². The highest BCUT2D eigenvalue weighted by Crippen LogP contribution is 2.57. The Morgan fingerprint density at radius 2 is 1.64 bits per heavy atom. The number of benzene rings is 3. The van der Waals surface area contributed by atoms with Gasteiger partial charge < -0.3 is 36.1 Å². The smallest absolute Gasteiger partial charge is 0.340 e. The summed E-state index contributed by atoms with van der Waals surface area (Å²) < 4.78 is 12.1. The van der Waals surface area contributed by atoms with E-state index < -0.39 is 11.6 Å². The number of rotatable bonds is 6. The zero-order chi connectivity index (χ0) is 25.4. The van der Waals surface area contributed by atoms with E-state index in [0.29, 0.717) is 44.6 Å². The second-order valence-electron chi connectivity index (χ2n) is 9.15. The molecule has 3 aromatic rings. The summed E-state index contributed by atoms with van der Waals surface area (Å²) in [7, 11) is 0. The summed E-state index contributed by atoms with van der Waals surface area (Å²) in [5.74, 6) is 0.199. The maximum Gasteiger partial charge on any atom is 0.340 e. The van der Waals surface area contributed by atoms with E-state index >= 15 is 0 Å². The van der Waals surface area contributed by atoms with E-state index in [0.717, 1.165) is 25.8 Å². The van der Waals surface area contributed by atoms with Gasteiger partial charge in [0.25, 0.3) is 0 Å².